The maximum atomic E-state index is 10.5. The number of carbonyl (C=O) groups is 1. The monoisotopic (exact) mass is 293 g/mol. The van der Waals surface area contributed by atoms with Gasteiger partial charge in [0.2, 0.25) is 5.11 Å². The van der Waals surface area contributed by atoms with E-state index in [0.717, 1.165) is 18.7 Å². The van der Waals surface area contributed by atoms with E-state index in [4.69, 9.17) is 17.3 Å². The summed E-state index contributed by atoms with van der Waals surface area (Å²) in [6, 6.07) is 9.89. The van der Waals surface area contributed by atoms with E-state index in [1.165, 1.54) is 0 Å². The molecule has 1 unspecified atom stereocenters. The zero-order valence-corrected chi connectivity index (χ0v) is 12.4. The Balaban J connectivity index is 2.91. The smallest absolute Gasteiger partial charge is 0.410 e. The fourth-order valence-electron chi connectivity index (χ4n) is 1.92. The van der Waals surface area contributed by atoms with E-state index in [-0.39, 0.29) is 11.2 Å². The molecule has 0 spiro atoms. The van der Waals surface area contributed by atoms with Gasteiger partial charge in [0.15, 0.2) is 0 Å². The molecule has 0 bridgehead atoms. The number of aliphatic imine (C=N–C) groups is 1. The van der Waals surface area contributed by atoms with Gasteiger partial charge in [0.25, 0.3) is 0 Å². The van der Waals surface area contributed by atoms with Gasteiger partial charge in [-0.25, -0.2) is 9.79 Å². The van der Waals surface area contributed by atoms with Gasteiger partial charge in [0, 0.05) is 6.21 Å². The highest BCUT2D eigenvalue weighted by Gasteiger charge is 2.15. The molecule has 6 heteroatoms. The van der Waals surface area contributed by atoms with Crippen LogP contribution in [0, 0.1) is 0 Å². The van der Waals surface area contributed by atoms with E-state index in [1.54, 1.807) is 6.21 Å². The molecule has 1 atom stereocenters. The molecule has 0 radical (unpaired) electrons. The first-order chi connectivity index (χ1) is 9.58. The zero-order valence-electron chi connectivity index (χ0n) is 11.6. The second kappa shape index (κ2) is 8.39. The topological polar surface area (TPSA) is 64.9 Å². The van der Waals surface area contributed by atoms with Crippen molar-refractivity contribution >= 4 is 29.6 Å². The summed E-state index contributed by atoms with van der Waals surface area (Å²) in [5, 5.41) is 10.6. The van der Waals surface area contributed by atoms with E-state index >= 15 is 0 Å². The van der Waals surface area contributed by atoms with Gasteiger partial charge >= 0.3 is 6.09 Å². The minimum atomic E-state index is -1.20. The molecule has 0 heterocycles. The maximum Gasteiger partial charge on any atom is 0.410 e. The largest absolute Gasteiger partial charge is 0.465 e. The number of carboxylic acid groups (broad SMARTS) is 1. The molecule has 1 aromatic carbocycles. The standard InChI is InChI=1S/C14H19N3O2S/c1-3-17(4-2)12(11-8-6-5-7-9-11)10-15-13(20)16-14(18)19/h5-10,12H,3-4H2,1-2H3,(H,16,20)(H,18,19)/b15-10+. The SMILES string of the molecule is CCN(CC)C(/C=N/C(=S)NC(=O)O)c1ccccc1. The predicted molar refractivity (Wildman–Crippen MR) is 84.4 cm³/mol. The molecule has 0 fully saturated rings. The van der Waals surface area contributed by atoms with Gasteiger partial charge < -0.3 is 5.11 Å². The maximum absolute atomic E-state index is 10.5. The average molecular weight is 293 g/mol. The number of amides is 1. The zero-order chi connectivity index (χ0) is 15.0. The van der Waals surface area contributed by atoms with Crippen molar-refractivity contribution in [1.82, 2.24) is 10.2 Å². The Kier molecular flexibility index (Phi) is 6.83. The Hall–Kier alpha value is -1.79. The van der Waals surface area contributed by atoms with Crippen LogP contribution in [0.2, 0.25) is 0 Å². The van der Waals surface area contributed by atoms with Crippen molar-refractivity contribution < 1.29 is 9.90 Å². The Labute approximate surface area is 124 Å². The molecule has 0 aliphatic carbocycles. The van der Waals surface area contributed by atoms with E-state index in [9.17, 15) is 4.79 Å². The van der Waals surface area contributed by atoms with Gasteiger partial charge in [0.05, 0.1) is 6.04 Å². The molecule has 1 rings (SSSR count). The van der Waals surface area contributed by atoms with Crippen molar-refractivity contribution in [3.8, 4) is 0 Å². The molecular formula is C14H19N3O2S. The molecule has 108 valence electrons. The van der Waals surface area contributed by atoms with Crippen LogP contribution < -0.4 is 5.32 Å². The van der Waals surface area contributed by atoms with Crippen LogP contribution in [-0.2, 0) is 0 Å². The van der Waals surface area contributed by atoms with E-state index in [1.807, 2.05) is 30.3 Å². The lowest BCUT2D eigenvalue weighted by Gasteiger charge is -2.26. The van der Waals surface area contributed by atoms with Gasteiger partial charge in [-0.3, -0.25) is 10.2 Å². The summed E-state index contributed by atoms with van der Waals surface area (Å²) in [5.74, 6) is 0. The first-order valence-corrected chi connectivity index (χ1v) is 6.86. The summed E-state index contributed by atoms with van der Waals surface area (Å²) in [7, 11) is 0. The van der Waals surface area contributed by atoms with Crippen LogP contribution >= 0.6 is 12.2 Å². The summed E-state index contributed by atoms with van der Waals surface area (Å²) < 4.78 is 0. The first kappa shape index (κ1) is 16.3. The number of thiocarbonyl (C=S) groups is 1. The average Bonchev–Trinajstić information content (AvgIpc) is 2.43. The second-order valence-corrected chi connectivity index (χ2v) is 4.48. The Morgan fingerprint density at radius 1 is 1.40 bits per heavy atom. The molecule has 1 amide bonds. The number of benzene rings is 1. The van der Waals surface area contributed by atoms with Crippen molar-refractivity contribution in [1.29, 1.82) is 0 Å². The summed E-state index contributed by atoms with van der Waals surface area (Å²) in [5.41, 5.74) is 1.10. The van der Waals surface area contributed by atoms with Crippen LogP contribution in [0.25, 0.3) is 0 Å². The van der Waals surface area contributed by atoms with Crippen LogP contribution in [0.4, 0.5) is 4.79 Å². The summed E-state index contributed by atoms with van der Waals surface area (Å²) >= 11 is 4.85. The summed E-state index contributed by atoms with van der Waals surface area (Å²) in [6.07, 6.45) is 0.479. The van der Waals surface area contributed by atoms with Crippen molar-refractivity contribution in [2.45, 2.75) is 19.9 Å². The van der Waals surface area contributed by atoms with E-state index < -0.39 is 6.09 Å². The lowest BCUT2D eigenvalue weighted by molar-refractivity contribution is 0.200. The Morgan fingerprint density at radius 2 is 2.00 bits per heavy atom. The van der Waals surface area contributed by atoms with Crippen molar-refractivity contribution in [3.05, 3.63) is 35.9 Å². The van der Waals surface area contributed by atoms with Crippen LogP contribution in [0.3, 0.4) is 0 Å². The van der Waals surface area contributed by atoms with Gasteiger partial charge in [0.1, 0.15) is 0 Å². The number of nitrogens with zero attached hydrogens (tertiary/aromatic N) is 2. The lowest BCUT2D eigenvalue weighted by Crippen LogP contribution is -2.31. The molecular weight excluding hydrogens is 274 g/mol. The molecule has 0 aromatic heterocycles. The third-order valence-corrected chi connectivity index (χ3v) is 3.10. The highest BCUT2D eigenvalue weighted by molar-refractivity contribution is 7.80. The van der Waals surface area contributed by atoms with E-state index in [2.05, 4.69) is 29.1 Å². The number of hydrogen-bond acceptors (Lipinski definition) is 3. The van der Waals surface area contributed by atoms with Gasteiger partial charge in [-0.1, -0.05) is 44.2 Å². The van der Waals surface area contributed by atoms with Gasteiger partial charge in [-0.05, 0) is 30.9 Å². The third kappa shape index (κ3) is 5.07. The molecule has 1 aromatic rings. The minimum absolute atomic E-state index is 0.0280. The lowest BCUT2D eigenvalue weighted by atomic mass is 10.1. The van der Waals surface area contributed by atoms with Crippen LogP contribution in [0.15, 0.2) is 35.3 Å². The number of rotatable bonds is 5. The van der Waals surface area contributed by atoms with Crippen molar-refractivity contribution in [2.24, 2.45) is 4.99 Å². The van der Waals surface area contributed by atoms with Crippen LogP contribution in [0.1, 0.15) is 25.5 Å². The third-order valence-electron chi connectivity index (χ3n) is 2.89. The molecule has 0 aliphatic rings. The predicted octanol–water partition coefficient (Wildman–Crippen LogP) is 2.69. The fraction of sp³-hybridized carbons (Fsp3) is 0.357. The quantitative estimate of drug-likeness (QED) is 0.647. The van der Waals surface area contributed by atoms with Crippen molar-refractivity contribution in [2.75, 3.05) is 13.1 Å². The molecule has 0 saturated heterocycles. The molecule has 5 nitrogen and oxygen atoms in total. The summed E-state index contributed by atoms with van der Waals surface area (Å²) in [4.78, 5) is 16.7. The fourth-order valence-corrected chi connectivity index (χ4v) is 2.07. The molecule has 0 aliphatic heterocycles. The molecule has 20 heavy (non-hydrogen) atoms. The van der Waals surface area contributed by atoms with Crippen molar-refractivity contribution in [3.63, 3.8) is 0 Å². The van der Waals surface area contributed by atoms with Crippen LogP contribution in [0.5, 0.6) is 0 Å². The molecule has 2 N–H and O–H groups in total. The number of hydrogen-bond donors (Lipinski definition) is 2. The second-order valence-electron chi connectivity index (χ2n) is 4.09. The highest BCUT2D eigenvalue weighted by Crippen LogP contribution is 2.18. The highest BCUT2D eigenvalue weighted by atomic mass is 32.1. The van der Waals surface area contributed by atoms with Gasteiger partial charge in [-0.15, -0.1) is 0 Å². The normalized spacial score (nSPS) is 12.6. The van der Waals surface area contributed by atoms with Gasteiger partial charge in [-0.2, -0.15) is 0 Å². The Bertz CT molecular complexity index is 473. The summed E-state index contributed by atoms with van der Waals surface area (Å²) in [6.45, 7) is 5.87. The Morgan fingerprint density at radius 3 is 2.50 bits per heavy atom. The van der Waals surface area contributed by atoms with E-state index in [0.29, 0.717) is 0 Å². The number of nitrogens with one attached hydrogen (secondary N) is 1. The first-order valence-electron chi connectivity index (χ1n) is 6.45. The molecule has 0 saturated carbocycles. The van der Waals surface area contributed by atoms with Crippen LogP contribution in [-0.4, -0.2) is 40.5 Å². The minimum Gasteiger partial charge on any atom is -0.465 e.